The number of aromatic nitrogens is 2. The molecule has 1 aromatic heterocycles. The number of hydrogen-bond acceptors (Lipinski definition) is 3. The second-order valence-corrected chi connectivity index (χ2v) is 6.33. The average molecular weight is 301 g/mol. The van der Waals surface area contributed by atoms with Gasteiger partial charge in [-0.2, -0.15) is 0 Å². The third-order valence-corrected chi connectivity index (χ3v) is 4.64. The van der Waals surface area contributed by atoms with Gasteiger partial charge in [0, 0.05) is 30.7 Å². The predicted octanol–water partition coefficient (Wildman–Crippen LogP) is 3.32. The molecule has 3 unspecified atom stereocenters. The average Bonchev–Trinajstić information content (AvgIpc) is 3.06. The van der Waals surface area contributed by atoms with Crippen molar-refractivity contribution in [1.82, 2.24) is 14.9 Å². The van der Waals surface area contributed by atoms with E-state index in [1.54, 1.807) is 12.5 Å². The van der Waals surface area contributed by atoms with Crippen molar-refractivity contribution in [3.63, 3.8) is 0 Å². The Morgan fingerprint density at radius 2 is 1.95 bits per heavy atom. The summed E-state index contributed by atoms with van der Waals surface area (Å²) in [7, 11) is 0. The molecule has 2 aromatic rings. The molecule has 1 aromatic carbocycles. The van der Waals surface area contributed by atoms with Crippen molar-refractivity contribution in [2.45, 2.75) is 45.8 Å². The van der Waals surface area contributed by atoms with Gasteiger partial charge in [-0.1, -0.05) is 32.4 Å². The molecular weight excluding hydrogens is 274 g/mol. The van der Waals surface area contributed by atoms with E-state index in [0.717, 1.165) is 12.1 Å². The zero-order valence-corrected chi connectivity index (χ0v) is 14.0. The van der Waals surface area contributed by atoms with Crippen LogP contribution in [-0.4, -0.2) is 26.8 Å². The van der Waals surface area contributed by atoms with Gasteiger partial charge >= 0.3 is 0 Å². The van der Waals surface area contributed by atoms with Crippen LogP contribution in [0.1, 0.15) is 45.7 Å². The Morgan fingerprint density at radius 1 is 1.27 bits per heavy atom. The summed E-state index contributed by atoms with van der Waals surface area (Å²) < 4.78 is 1.98. The minimum atomic E-state index is -0.681. The molecule has 0 aliphatic carbocycles. The van der Waals surface area contributed by atoms with Gasteiger partial charge in [0.15, 0.2) is 0 Å². The molecule has 0 saturated heterocycles. The quantitative estimate of drug-likeness (QED) is 0.825. The Morgan fingerprint density at radius 3 is 2.50 bits per heavy atom. The van der Waals surface area contributed by atoms with Crippen molar-refractivity contribution < 1.29 is 5.11 Å². The molecule has 0 aliphatic rings. The van der Waals surface area contributed by atoms with Gasteiger partial charge in [0.2, 0.25) is 0 Å². The maximum Gasteiger partial charge on any atom is 0.0991 e. The Labute approximate surface area is 133 Å². The van der Waals surface area contributed by atoms with Crippen LogP contribution in [0.25, 0.3) is 5.69 Å². The summed E-state index contributed by atoms with van der Waals surface area (Å²) in [5, 5.41) is 13.9. The van der Waals surface area contributed by atoms with Crippen molar-refractivity contribution in [2.24, 2.45) is 5.92 Å². The van der Waals surface area contributed by atoms with E-state index in [1.165, 1.54) is 5.56 Å². The van der Waals surface area contributed by atoms with Crippen LogP contribution in [0.3, 0.4) is 0 Å². The zero-order chi connectivity index (χ0) is 16.2. The van der Waals surface area contributed by atoms with Gasteiger partial charge in [0.05, 0.1) is 11.9 Å². The fourth-order valence-corrected chi connectivity index (χ4v) is 2.44. The summed E-state index contributed by atoms with van der Waals surface area (Å²) in [6.07, 6.45) is 6.47. The second kappa shape index (κ2) is 7.07. The summed E-state index contributed by atoms with van der Waals surface area (Å²) in [6, 6.07) is 8.60. The van der Waals surface area contributed by atoms with Gasteiger partial charge in [-0.25, -0.2) is 4.98 Å². The number of imidazole rings is 1. The molecule has 2 rings (SSSR count). The van der Waals surface area contributed by atoms with Crippen molar-refractivity contribution in [3.8, 4) is 5.69 Å². The van der Waals surface area contributed by atoms with Crippen LogP contribution in [0.2, 0.25) is 0 Å². The molecule has 0 aliphatic heterocycles. The van der Waals surface area contributed by atoms with Crippen LogP contribution in [0.5, 0.6) is 0 Å². The van der Waals surface area contributed by atoms with Crippen molar-refractivity contribution in [1.29, 1.82) is 0 Å². The van der Waals surface area contributed by atoms with E-state index >= 15 is 0 Å². The highest BCUT2D eigenvalue weighted by molar-refractivity contribution is 5.35. The number of nitrogens with one attached hydrogen (secondary N) is 1. The van der Waals surface area contributed by atoms with E-state index in [0.29, 0.717) is 6.54 Å². The first-order valence-corrected chi connectivity index (χ1v) is 7.98. The van der Waals surface area contributed by atoms with Crippen LogP contribution in [0, 0.1) is 5.92 Å². The fourth-order valence-electron chi connectivity index (χ4n) is 2.44. The van der Waals surface area contributed by atoms with Crippen LogP contribution in [-0.2, 0) is 0 Å². The molecule has 0 spiro atoms. The molecular formula is C18H27N3O. The minimum absolute atomic E-state index is 0.201. The van der Waals surface area contributed by atoms with E-state index in [-0.39, 0.29) is 12.0 Å². The first-order chi connectivity index (χ1) is 10.4. The fraction of sp³-hybridized carbons (Fsp3) is 0.500. The lowest BCUT2D eigenvalue weighted by Gasteiger charge is -2.31. The normalized spacial score (nSPS) is 17.0. The lowest BCUT2D eigenvalue weighted by Crippen LogP contribution is -2.43. The third kappa shape index (κ3) is 3.96. The van der Waals surface area contributed by atoms with Crippen LogP contribution < -0.4 is 5.32 Å². The highest BCUT2D eigenvalue weighted by atomic mass is 16.3. The summed E-state index contributed by atoms with van der Waals surface area (Å²) in [5.74, 6) is 0.274. The van der Waals surface area contributed by atoms with E-state index in [4.69, 9.17) is 0 Å². The van der Waals surface area contributed by atoms with Gasteiger partial charge in [-0.3, -0.25) is 0 Å². The smallest absolute Gasteiger partial charge is 0.0991 e. The predicted molar refractivity (Wildman–Crippen MR) is 90.1 cm³/mol. The Balaban J connectivity index is 1.97. The number of aliphatic hydroxyl groups is 1. The van der Waals surface area contributed by atoms with E-state index in [1.807, 2.05) is 17.7 Å². The van der Waals surface area contributed by atoms with Gasteiger partial charge in [-0.15, -0.1) is 0 Å². The molecule has 1 heterocycles. The largest absolute Gasteiger partial charge is 0.389 e. The second-order valence-electron chi connectivity index (χ2n) is 6.33. The van der Waals surface area contributed by atoms with E-state index < -0.39 is 5.60 Å². The lowest BCUT2D eigenvalue weighted by atomic mass is 9.88. The number of benzene rings is 1. The first-order valence-electron chi connectivity index (χ1n) is 7.98. The molecule has 0 radical (unpaired) electrons. The molecule has 0 fully saturated rings. The van der Waals surface area contributed by atoms with Gasteiger partial charge in [0.25, 0.3) is 0 Å². The van der Waals surface area contributed by atoms with Gasteiger partial charge < -0.3 is 15.0 Å². The van der Waals surface area contributed by atoms with Gasteiger partial charge in [0.1, 0.15) is 0 Å². The van der Waals surface area contributed by atoms with Crippen LogP contribution >= 0.6 is 0 Å². The molecule has 0 amide bonds. The first kappa shape index (κ1) is 16.7. The lowest BCUT2D eigenvalue weighted by molar-refractivity contribution is 0.00365. The molecule has 22 heavy (non-hydrogen) atoms. The van der Waals surface area contributed by atoms with Gasteiger partial charge in [-0.05, 0) is 37.5 Å². The maximum absolute atomic E-state index is 10.5. The van der Waals surface area contributed by atoms with E-state index in [2.05, 4.69) is 55.3 Å². The Hall–Kier alpha value is -1.65. The monoisotopic (exact) mass is 301 g/mol. The molecule has 4 nitrogen and oxygen atoms in total. The Kier molecular flexibility index (Phi) is 5.37. The Bertz CT molecular complexity index is 561. The zero-order valence-electron chi connectivity index (χ0n) is 14.0. The molecule has 0 bridgehead atoms. The summed E-state index contributed by atoms with van der Waals surface area (Å²) in [5.41, 5.74) is 1.63. The highest BCUT2D eigenvalue weighted by Crippen LogP contribution is 2.21. The molecule has 3 atom stereocenters. The standard InChI is InChI=1S/C18H27N3O/c1-5-14(2)18(4,22)12-20-15(3)16-6-8-17(9-7-16)21-11-10-19-13-21/h6-11,13-15,20,22H,5,12H2,1-4H3. The van der Waals surface area contributed by atoms with Crippen LogP contribution in [0.15, 0.2) is 43.0 Å². The molecule has 0 saturated carbocycles. The number of nitrogens with zero attached hydrogens (tertiary/aromatic N) is 2. The number of hydrogen-bond donors (Lipinski definition) is 2. The molecule has 4 heteroatoms. The SMILES string of the molecule is CCC(C)C(C)(O)CNC(C)c1ccc(-n2ccnc2)cc1. The summed E-state index contributed by atoms with van der Waals surface area (Å²) in [6.45, 7) is 8.82. The number of rotatable bonds is 7. The summed E-state index contributed by atoms with van der Waals surface area (Å²) in [4.78, 5) is 4.06. The topological polar surface area (TPSA) is 50.1 Å². The van der Waals surface area contributed by atoms with Crippen molar-refractivity contribution in [2.75, 3.05) is 6.54 Å². The molecule has 120 valence electrons. The maximum atomic E-state index is 10.5. The minimum Gasteiger partial charge on any atom is -0.389 e. The highest BCUT2D eigenvalue weighted by Gasteiger charge is 2.27. The van der Waals surface area contributed by atoms with Crippen LogP contribution in [0.4, 0.5) is 0 Å². The third-order valence-electron chi connectivity index (χ3n) is 4.64. The molecule has 2 N–H and O–H groups in total. The van der Waals surface area contributed by atoms with Crippen molar-refractivity contribution >= 4 is 0 Å². The van der Waals surface area contributed by atoms with E-state index in [9.17, 15) is 5.11 Å². The summed E-state index contributed by atoms with van der Waals surface area (Å²) >= 11 is 0. The van der Waals surface area contributed by atoms with Crippen molar-refractivity contribution in [3.05, 3.63) is 48.5 Å².